The Morgan fingerprint density at radius 1 is 0.500 bits per heavy atom. The van der Waals surface area contributed by atoms with Gasteiger partial charge < -0.3 is 10.6 Å². The largest absolute Gasteiger partial charge is 0.361 e. The molecule has 5 aromatic rings. The van der Waals surface area contributed by atoms with E-state index in [0.29, 0.717) is 0 Å². The van der Waals surface area contributed by atoms with Crippen LogP contribution in [0.25, 0.3) is 10.8 Å². The Balaban J connectivity index is 1.49. The predicted molar refractivity (Wildman–Crippen MR) is 139 cm³/mol. The molecule has 5 aromatic carbocycles. The van der Waals surface area contributed by atoms with Crippen LogP contribution in [-0.4, -0.2) is 0 Å². The zero-order valence-corrected chi connectivity index (χ0v) is 18.5. The smallest absolute Gasteiger partial charge is 0.124 e. The van der Waals surface area contributed by atoms with Crippen LogP contribution >= 0.6 is 7.92 Å². The van der Waals surface area contributed by atoms with E-state index in [4.69, 9.17) is 0 Å². The SMILES string of the molecule is c1ccc(P(c2ccccc2)c2ccccc2C2Nc3cccc4cccc(c34)N2)cc1. The predicted octanol–water partition coefficient (Wildman–Crippen LogP) is 6.13. The highest BCUT2D eigenvalue weighted by molar-refractivity contribution is 7.79. The maximum absolute atomic E-state index is 3.78. The third kappa shape index (κ3) is 3.34. The minimum absolute atomic E-state index is 0.00382. The van der Waals surface area contributed by atoms with Crippen LogP contribution in [0.1, 0.15) is 11.7 Å². The molecule has 0 atom stereocenters. The van der Waals surface area contributed by atoms with Crippen molar-refractivity contribution in [2.75, 3.05) is 10.6 Å². The lowest BCUT2D eigenvalue weighted by Crippen LogP contribution is -2.31. The quantitative estimate of drug-likeness (QED) is 0.335. The molecule has 0 saturated carbocycles. The molecule has 3 heteroatoms. The molecule has 1 aliphatic heterocycles. The topological polar surface area (TPSA) is 24.1 Å². The molecule has 0 saturated heterocycles. The first kappa shape index (κ1) is 19.1. The van der Waals surface area contributed by atoms with Crippen LogP contribution < -0.4 is 26.5 Å². The van der Waals surface area contributed by atoms with Gasteiger partial charge in [0, 0.05) is 22.3 Å². The summed E-state index contributed by atoms with van der Waals surface area (Å²) >= 11 is 0. The number of rotatable bonds is 4. The van der Waals surface area contributed by atoms with E-state index < -0.39 is 7.92 Å². The highest BCUT2D eigenvalue weighted by atomic mass is 31.1. The Hall–Kier alpha value is -3.61. The van der Waals surface area contributed by atoms with Crippen molar-refractivity contribution in [3.8, 4) is 0 Å². The number of hydrogen-bond acceptors (Lipinski definition) is 2. The van der Waals surface area contributed by atoms with Gasteiger partial charge in [-0.1, -0.05) is 109 Å². The number of hydrogen-bond donors (Lipinski definition) is 2. The maximum Gasteiger partial charge on any atom is 0.124 e. The summed E-state index contributed by atoms with van der Waals surface area (Å²) in [5.74, 6) is 0. The Kier molecular flexibility index (Phi) is 4.86. The Bertz CT molecular complexity index is 1300. The third-order valence-corrected chi connectivity index (χ3v) is 8.54. The molecule has 0 amide bonds. The monoisotopic (exact) mass is 430 g/mol. The fraction of sp³-hybridized carbons (Fsp3) is 0.0345. The van der Waals surface area contributed by atoms with Crippen LogP contribution in [0.15, 0.2) is 121 Å². The average molecular weight is 430 g/mol. The number of benzene rings is 5. The molecule has 1 aliphatic rings. The van der Waals surface area contributed by atoms with Crippen LogP contribution in [-0.2, 0) is 0 Å². The van der Waals surface area contributed by atoms with Crippen molar-refractivity contribution in [2.45, 2.75) is 6.17 Å². The van der Waals surface area contributed by atoms with Crippen molar-refractivity contribution < 1.29 is 0 Å². The zero-order valence-electron chi connectivity index (χ0n) is 17.6. The number of anilines is 2. The van der Waals surface area contributed by atoms with E-state index in [9.17, 15) is 0 Å². The highest BCUT2D eigenvalue weighted by Crippen LogP contribution is 2.41. The summed E-state index contributed by atoms with van der Waals surface area (Å²) in [4.78, 5) is 0. The summed E-state index contributed by atoms with van der Waals surface area (Å²) in [6, 6.07) is 43.6. The van der Waals surface area contributed by atoms with E-state index in [2.05, 4.69) is 132 Å². The van der Waals surface area contributed by atoms with E-state index in [-0.39, 0.29) is 6.17 Å². The van der Waals surface area contributed by atoms with E-state index >= 15 is 0 Å². The average Bonchev–Trinajstić information content (AvgIpc) is 2.86. The summed E-state index contributed by atoms with van der Waals surface area (Å²) in [5, 5.41) is 14.2. The molecule has 0 spiro atoms. The summed E-state index contributed by atoms with van der Waals surface area (Å²) < 4.78 is 0. The summed E-state index contributed by atoms with van der Waals surface area (Å²) in [7, 11) is -0.683. The van der Waals surface area contributed by atoms with Gasteiger partial charge in [-0.2, -0.15) is 0 Å². The van der Waals surface area contributed by atoms with Crippen molar-refractivity contribution in [1.82, 2.24) is 0 Å². The lowest BCUT2D eigenvalue weighted by Gasteiger charge is -2.32. The van der Waals surface area contributed by atoms with Crippen molar-refractivity contribution in [2.24, 2.45) is 0 Å². The normalized spacial score (nSPS) is 13.0. The second kappa shape index (κ2) is 8.15. The number of nitrogens with one attached hydrogen (secondary N) is 2. The molecule has 154 valence electrons. The van der Waals surface area contributed by atoms with Crippen LogP contribution in [0.2, 0.25) is 0 Å². The Labute approximate surface area is 189 Å². The van der Waals surface area contributed by atoms with Gasteiger partial charge in [0.05, 0.1) is 0 Å². The van der Waals surface area contributed by atoms with Crippen LogP contribution in [0.5, 0.6) is 0 Å². The minimum Gasteiger partial charge on any atom is -0.361 e. The highest BCUT2D eigenvalue weighted by Gasteiger charge is 2.26. The second-order valence-corrected chi connectivity index (χ2v) is 10.2. The fourth-order valence-electron chi connectivity index (χ4n) is 4.60. The van der Waals surface area contributed by atoms with Gasteiger partial charge in [0.2, 0.25) is 0 Å². The second-order valence-electron chi connectivity index (χ2n) is 8.00. The first-order valence-corrected chi connectivity index (χ1v) is 12.3. The van der Waals surface area contributed by atoms with Crippen molar-refractivity contribution >= 4 is 46.0 Å². The van der Waals surface area contributed by atoms with Gasteiger partial charge >= 0.3 is 0 Å². The summed E-state index contributed by atoms with van der Waals surface area (Å²) in [6.07, 6.45) is 0.00382. The lowest BCUT2D eigenvalue weighted by molar-refractivity contribution is 0.904. The van der Waals surface area contributed by atoms with Gasteiger partial charge in [0.25, 0.3) is 0 Å². The van der Waals surface area contributed by atoms with Crippen LogP contribution in [0.4, 0.5) is 11.4 Å². The van der Waals surface area contributed by atoms with Crippen molar-refractivity contribution in [1.29, 1.82) is 0 Å². The molecule has 0 fully saturated rings. The minimum atomic E-state index is -0.683. The molecule has 0 aliphatic carbocycles. The summed E-state index contributed by atoms with van der Waals surface area (Å²) in [6.45, 7) is 0. The molecule has 0 radical (unpaired) electrons. The Morgan fingerprint density at radius 2 is 1.03 bits per heavy atom. The molecule has 6 rings (SSSR count). The molecule has 0 bridgehead atoms. The van der Waals surface area contributed by atoms with E-state index in [0.717, 1.165) is 0 Å². The molecule has 2 N–H and O–H groups in total. The zero-order chi connectivity index (χ0) is 21.3. The fourth-order valence-corrected chi connectivity index (χ4v) is 7.09. The Morgan fingerprint density at radius 3 is 1.62 bits per heavy atom. The molecule has 0 aromatic heterocycles. The van der Waals surface area contributed by atoms with Crippen LogP contribution in [0.3, 0.4) is 0 Å². The maximum atomic E-state index is 3.78. The van der Waals surface area contributed by atoms with E-state index in [1.165, 1.54) is 43.6 Å². The third-order valence-electron chi connectivity index (χ3n) is 6.02. The summed E-state index contributed by atoms with van der Waals surface area (Å²) in [5.41, 5.74) is 3.65. The first-order chi connectivity index (χ1) is 15.9. The van der Waals surface area contributed by atoms with Crippen molar-refractivity contribution in [3.05, 3.63) is 127 Å². The van der Waals surface area contributed by atoms with Gasteiger partial charge in [0.1, 0.15) is 6.17 Å². The lowest BCUT2D eigenvalue weighted by atomic mass is 10.0. The van der Waals surface area contributed by atoms with Gasteiger partial charge in [0.15, 0.2) is 0 Å². The van der Waals surface area contributed by atoms with Crippen LogP contribution in [0, 0.1) is 0 Å². The van der Waals surface area contributed by atoms with Gasteiger partial charge in [-0.05, 0) is 41.4 Å². The molecule has 1 heterocycles. The standard InChI is InChI=1S/C29H23N2P/c1-3-13-22(14-4-1)32(23-15-5-2-6-16-23)27-20-8-7-17-24(27)29-30-25-18-9-11-21-12-10-19-26(31-29)28(21)25/h1-20,29-31H. The first-order valence-electron chi connectivity index (χ1n) is 10.9. The molecule has 2 nitrogen and oxygen atoms in total. The van der Waals surface area contributed by atoms with E-state index in [1.807, 2.05) is 0 Å². The molecule has 32 heavy (non-hydrogen) atoms. The molecular weight excluding hydrogens is 407 g/mol. The molecule has 0 unspecified atom stereocenters. The van der Waals surface area contributed by atoms with Gasteiger partial charge in [-0.25, -0.2) is 0 Å². The van der Waals surface area contributed by atoms with Crippen molar-refractivity contribution in [3.63, 3.8) is 0 Å². The van der Waals surface area contributed by atoms with Gasteiger partial charge in [-0.3, -0.25) is 0 Å². The molecular formula is C29H23N2P. The van der Waals surface area contributed by atoms with E-state index in [1.54, 1.807) is 0 Å². The van der Waals surface area contributed by atoms with Gasteiger partial charge in [-0.15, -0.1) is 0 Å².